The first kappa shape index (κ1) is 14.8. The van der Waals surface area contributed by atoms with Crippen molar-refractivity contribution in [2.75, 3.05) is 11.9 Å². The lowest BCUT2D eigenvalue weighted by atomic mass is 10.2. The van der Waals surface area contributed by atoms with E-state index in [2.05, 4.69) is 15.6 Å². The van der Waals surface area contributed by atoms with Crippen molar-refractivity contribution in [1.29, 1.82) is 0 Å². The van der Waals surface area contributed by atoms with Crippen LogP contribution in [0, 0.1) is 6.92 Å². The number of hydrogen-bond acceptors (Lipinski definition) is 4. The Labute approximate surface area is 124 Å². The summed E-state index contributed by atoms with van der Waals surface area (Å²) in [4.78, 5) is 16.1. The average Bonchev–Trinajstić information content (AvgIpc) is 2.49. The molecule has 1 heterocycles. The zero-order valence-electron chi connectivity index (χ0n) is 12.2. The second kappa shape index (κ2) is 6.74. The summed E-state index contributed by atoms with van der Waals surface area (Å²) in [6.07, 6.45) is 0. The van der Waals surface area contributed by atoms with Gasteiger partial charge in [-0.05, 0) is 44.2 Å². The number of hydrogen-bond donors (Lipinski definition) is 3. The normalized spacial score (nSPS) is 10.2. The molecule has 5 nitrogen and oxygen atoms in total. The number of benzene rings is 1. The molecule has 0 aliphatic rings. The number of carbonyl (C=O) groups excluding carboxylic acids is 1. The largest absolute Gasteiger partial charge is 0.506 e. The topological polar surface area (TPSA) is 74.2 Å². The molecule has 0 bridgehead atoms. The fourth-order valence-electron chi connectivity index (χ4n) is 1.95. The number of carbonyl (C=O) groups is 1. The molecule has 0 radical (unpaired) electrons. The van der Waals surface area contributed by atoms with Crippen LogP contribution in [0.1, 0.15) is 28.7 Å². The summed E-state index contributed by atoms with van der Waals surface area (Å²) in [5, 5.41) is 15.7. The number of nitrogens with zero attached hydrogens (tertiary/aromatic N) is 1. The lowest BCUT2D eigenvalue weighted by Gasteiger charge is -2.09. The lowest BCUT2D eigenvalue weighted by molar-refractivity contribution is 0.0956. The highest BCUT2D eigenvalue weighted by Crippen LogP contribution is 2.17. The molecule has 0 spiro atoms. The molecule has 21 heavy (non-hydrogen) atoms. The number of pyridine rings is 1. The molecule has 0 aliphatic heterocycles. The SMILES string of the molecule is CCNC(=O)c1cccc(NCc2nc(C)ccc2O)c1. The highest BCUT2D eigenvalue weighted by Gasteiger charge is 2.06. The van der Waals surface area contributed by atoms with Crippen molar-refractivity contribution in [2.45, 2.75) is 20.4 Å². The molecular weight excluding hydrogens is 266 g/mol. The van der Waals surface area contributed by atoms with Crippen LogP contribution in [0.4, 0.5) is 5.69 Å². The fraction of sp³-hybridized carbons (Fsp3) is 0.250. The molecule has 0 saturated heterocycles. The van der Waals surface area contributed by atoms with E-state index in [0.717, 1.165) is 11.4 Å². The Balaban J connectivity index is 2.08. The summed E-state index contributed by atoms with van der Waals surface area (Å²) in [5.41, 5.74) is 2.84. The van der Waals surface area contributed by atoms with E-state index < -0.39 is 0 Å². The molecule has 110 valence electrons. The third kappa shape index (κ3) is 3.95. The van der Waals surface area contributed by atoms with Gasteiger partial charge in [0.1, 0.15) is 11.4 Å². The standard InChI is InChI=1S/C16H19N3O2/c1-3-17-16(21)12-5-4-6-13(9-12)18-10-14-15(20)8-7-11(2)19-14/h4-9,18,20H,3,10H2,1-2H3,(H,17,21). The minimum Gasteiger partial charge on any atom is -0.506 e. The maximum Gasteiger partial charge on any atom is 0.251 e. The summed E-state index contributed by atoms with van der Waals surface area (Å²) in [6, 6.07) is 10.6. The van der Waals surface area contributed by atoms with E-state index in [4.69, 9.17) is 0 Å². The quantitative estimate of drug-likeness (QED) is 0.789. The molecule has 0 saturated carbocycles. The van der Waals surface area contributed by atoms with Crippen LogP contribution in [0.5, 0.6) is 5.75 Å². The van der Waals surface area contributed by atoms with Gasteiger partial charge < -0.3 is 15.7 Å². The molecule has 3 N–H and O–H groups in total. The summed E-state index contributed by atoms with van der Waals surface area (Å²) in [6.45, 7) is 4.74. The number of aromatic hydroxyl groups is 1. The number of aromatic nitrogens is 1. The summed E-state index contributed by atoms with van der Waals surface area (Å²) in [5.74, 6) is 0.0608. The van der Waals surface area contributed by atoms with Gasteiger partial charge >= 0.3 is 0 Å². The molecule has 0 fully saturated rings. The highest BCUT2D eigenvalue weighted by molar-refractivity contribution is 5.95. The van der Waals surface area contributed by atoms with Crippen LogP contribution in [0.15, 0.2) is 36.4 Å². The summed E-state index contributed by atoms with van der Waals surface area (Å²) in [7, 11) is 0. The van der Waals surface area contributed by atoms with Gasteiger partial charge in [0, 0.05) is 23.5 Å². The van der Waals surface area contributed by atoms with Crippen molar-refractivity contribution in [3.63, 3.8) is 0 Å². The van der Waals surface area contributed by atoms with E-state index >= 15 is 0 Å². The molecule has 2 rings (SSSR count). The number of amides is 1. The van der Waals surface area contributed by atoms with Gasteiger partial charge in [0.05, 0.1) is 6.54 Å². The van der Waals surface area contributed by atoms with Gasteiger partial charge in [0.25, 0.3) is 5.91 Å². The smallest absolute Gasteiger partial charge is 0.251 e. The summed E-state index contributed by atoms with van der Waals surface area (Å²) >= 11 is 0. The molecule has 1 aromatic carbocycles. The Kier molecular flexibility index (Phi) is 4.77. The fourth-order valence-corrected chi connectivity index (χ4v) is 1.95. The van der Waals surface area contributed by atoms with E-state index in [1.54, 1.807) is 24.3 Å². The Morgan fingerprint density at radius 3 is 2.86 bits per heavy atom. The number of rotatable bonds is 5. The van der Waals surface area contributed by atoms with Gasteiger partial charge in [-0.2, -0.15) is 0 Å². The average molecular weight is 285 g/mol. The minimum absolute atomic E-state index is 0.0994. The van der Waals surface area contributed by atoms with Crippen molar-refractivity contribution in [3.8, 4) is 5.75 Å². The molecule has 1 amide bonds. The monoisotopic (exact) mass is 285 g/mol. The molecule has 5 heteroatoms. The van der Waals surface area contributed by atoms with Crippen LogP contribution in [-0.4, -0.2) is 22.5 Å². The van der Waals surface area contributed by atoms with Gasteiger partial charge in [-0.25, -0.2) is 0 Å². The van der Waals surface area contributed by atoms with Crippen molar-refractivity contribution in [1.82, 2.24) is 10.3 Å². The van der Waals surface area contributed by atoms with Gasteiger partial charge in [-0.3, -0.25) is 9.78 Å². The molecule has 0 atom stereocenters. The van der Waals surface area contributed by atoms with Crippen LogP contribution in [0.2, 0.25) is 0 Å². The Morgan fingerprint density at radius 1 is 1.29 bits per heavy atom. The maximum atomic E-state index is 11.8. The van der Waals surface area contributed by atoms with E-state index in [0.29, 0.717) is 24.3 Å². The number of aryl methyl sites for hydroxylation is 1. The number of anilines is 1. The Hall–Kier alpha value is -2.56. The van der Waals surface area contributed by atoms with Crippen LogP contribution in [0.3, 0.4) is 0 Å². The maximum absolute atomic E-state index is 11.8. The molecule has 1 aromatic heterocycles. The van der Waals surface area contributed by atoms with E-state index in [1.165, 1.54) is 0 Å². The Morgan fingerprint density at radius 2 is 2.10 bits per heavy atom. The summed E-state index contributed by atoms with van der Waals surface area (Å²) < 4.78 is 0. The number of nitrogens with one attached hydrogen (secondary N) is 2. The van der Waals surface area contributed by atoms with Gasteiger partial charge in [-0.1, -0.05) is 6.07 Å². The van der Waals surface area contributed by atoms with Crippen LogP contribution >= 0.6 is 0 Å². The first-order chi connectivity index (χ1) is 10.1. The van der Waals surface area contributed by atoms with Crippen molar-refractivity contribution < 1.29 is 9.90 Å². The van der Waals surface area contributed by atoms with Crippen molar-refractivity contribution in [2.24, 2.45) is 0 Å². The predicted octanol–water partition coefficient (Wildman–Crippen LogP) is 2.46. The molecule has 0 aliphatic carbocycles. The van der Waals surface area contributed by atoms with Crippen molar-refractivity contribution >= 4 is 11.6 Å². The third-order valence-electron chi connectivity index (χ3n) is 3.01. The van der Waals surface area contributed by atoms with E-state index in [9.17, 15) is 9.90 Å². The van der Waals surface area contributed by atoms with Crippen LogP contribution < -0.4 is 10.6 Å². The van der Waals surface area contributed by atoms with Gasteiger partial charge in [-0.15, -0.1) is 0 Å². The third-order valence-corrected chi connectivity index (χ3v) is 3.01. The highest BCUT2D eigenvalue weighted by atomic mass is 16.3. The second-order valence-electron chi connectivity index (χ2n) is 4.71. The molecule has 0 unspecified atom stereocenters. The van der Waals surface area contributed by atoms with Gasteiger partial charge in [0.2, 0.25) is 0 Å². The zero-order valence-corrected chi connectivity index (χ0v) is 12.2. The predicted molar refractivity (Wildman–Crippen MR) is 82.4 cm³/mol. The minimum atomic E-state index is -0.0994. The lowest BCUT2D eigenvalue weighted by Crippen LogP contribution is -2.22. The zero-order chi connectivity index (χ0) is 15.2. The van der Waals surface area contributed by atoms with Crippen molar-refractivity contribution in [3.05, 3.63) is 53.3 Å². The first-order valence-electron chi connectivity index (χ1n) is 6.87. The van der Waals surface area contributed by atoms with E-state index in [-0.39, 0.29) is 11.7 Å². The first-order valence-corrected chi connectivity index (χ1v) is 6.87. The van der Waals surface area contributed by atoms with Crippen LogP contribution in [-0.2, 0) is 6.54 Å². The molecular formula is C16H19N3O2. The van der Waals surface area contributed by atoms with E-state index in [1.807, 2.05) is 26.0 Å². The second-order valence-corrected chi connectivity index (χ2v) is 4.71. The molecule has 2 aromatic rings. The van der Waals surface area contributed by atoms with Gasteiger partial charge in [0.15, 0.2) is 0 Å². The Bertz CT molecular complexity index is 641. The van der Waals surface area contributed by atoms with Crippen LogP contribution in [0.25, 0.3) is 0 Å².